The lowest BCUT2D eigenvalue weighted by atomic mass is 10.1. The van der Waals surface area contributed by atoms with Crippen LogP contribution in [0.3, 0.4) is 0 Å². The minimum atomic E-state index is -2.87. The number of hydrogen-bond donors (Lipinski definition) is 0. The van der Waals surface area contributed by atoms with Crippen LogP contribution in [-0.4, -0.2) is 42.5 Å². The fraction of sp³-hybridized carbons (Fsp3) is 0.500. The molecule has 8 heteroatoms. The number of aromatic nitrogens is 2. The van der Waals surface area contributed by atoms with Gasteiger partial charge in [0.25, 0.3) is 5.22 Å². The summed E-state index contributed by atoms with van der Waals surface area (Å²) in [5.74, 6) is 2.64. The van der Waals surface area contributed by atoms with Crippen LogP contribution in [0.15, 0.2) is 33.9 Å². The van der Waals surface area contributed by atoms with E-state index in [9.17, 15) is 8.42 Å². The Balaban J connectivity index is 1.40. The molecule has 1 aromatic carbocycles. The van der Waals surface area contributed by atoms with Crippen molar-refractivity contribution >= 4 is 21.6 Å². The molecule has 6 nitrogen and oxygen atoms in total. The Morgan fingerprint density at radius 3 is 2.79 bits per heavy atom. The summed E-state index contributed by atoms with van der Waals surface area (Å²) in [5, 5.41) is 8.49. The normalized spacial score (nSPS) is 19.5. The van der Waals surface area contributed by atoms with Gasteiger partial charge in [-0.25, -0.2) is 8.42 Å². The number of rotatable bonds is 7. The Hall–Kier alpha value is -1.54. The van der Waals surface area contributed by atoms with Crippen molar-refractivity contribution in [1.82, 2.24) is 10.2 Å². The van der Waals surface area contributed by atoms with E-state index in [1.165, 1.54) is 17.3 Å². The molecule has 0 N–H and O–H groups in total. The first-order valence-electron chi connectivity index (χ1n) is 7.85. The van der Waals surface area contributed by atoms with Crippen molar-refractivity contribution in [3.8, 4) is 5.75 Å². The van der Waals surface area contributed by atoms with Gasteiger partial charge in [-0.2, -0.15) is 0 Å². The van der Waals surface area contributed by atoms with E-state index in [0.717, 1.165) is 5.75 Å². The smallest absolute Gasteiger partial charge is 0.276 e. The standard InChI is InChI=1S/C16H20N2O4S2/c1-12-2-4-14(5-3-12)21-7-8-23-16-18-17-15(22-16)10-13-6-9-24(19,20)11-13/h2-5,13H,6-11H2,1H3. The average Bonchev–Trinajstić information content (AvgIpc) is 3.12. The number of nitrogens with zero attached hydrogens (tertiary/aromatic N) is 2. The highest BCUT2D eigenvalue weighted by atomic mass is 32.2. The van der Waals surface area contributed by atoms with E-state index < -0.39 is 9.84 Å². The molecular formula is C16H20N2O4S2. The number of aryl methyl sites for hydroxylation is 1. The Bertz CT molecular complexity index is 772. The Morgan fingerprint density at radius 1 is 1.29 bits per heavy atom. The summed E-state index contributed by atoms with van der Waals surface area (Å²) >= 11 is 1.44. The van der Waals surface area contributed by atoms with Gasteiger partial charge in [0.05, 0.1) is 18.1 Å². The van der Waals surface area contributed by atoms with Crippen molar-refractivity contribution in [1.29, 1.82) is 0 Å². The van der Waals surface area contributed by atoms with Crippen LogP contribution in [0, 0.1) is 12.8 Å². The van der Waals surface area contributed by atoms with Crippen molar-refractivity contribution in [3.63, 3.8) is 0 Å². The van der Waals surface area contributed by atoms with E-state index >= 15 is 0 Å². The molecule has 1 saturated heterocycles. The lowest BCUT2D eigenvalue weighted by Crippen LogP contribution is -2.07. The van der Waals surface area contributed by atoms with Crippen molar-refractivity contribution in [2.45, 2.75) is 25.0 Å². The fourth-order valence-electron chi connectivity index (χ4n) is 2.58. The molecule has 1 atom stereocenters. The third-order valence-corrected chi connectivity index (χ3v) is 6.46. The predicted octanol–water partition coefficient (Wildman–Crippen LogP) is 2.53. The van der Waals surface area contributed by atoms with E-state index in [1.807, 2.05) is 31.2 Å². The molecule has 1 fully saturated rings. The van der Waals surface area contributed by atoms with Gasteiger partial charge in [0.2, 0.25) is 5.89 Å². The number of thioether (sulfide) groups is 1. The lowest BCUT2D eigenvalue weighted by Gasteiger charge is -2.04. The van der Waals surface area contributed by atoms with Gasteiger partial charge < -0.3 is 9.15 Å². The molecule has 0 saturated carbocycles. The third kappa shape index (κ3) is 4.98. The van der Waals surface area contributed by atoms with Crippen LogP contribution in [-0.2, 0) is 16.3 Å². The quantitative estimate of drug-likeness (QED) is 0.548. The minimum absolute atomic E-state index is 0.0955. The summed E-state index contributed by atoms with van der Waals surface area (Å²) in [4.78, 5) is 0. The summed E-state index contributed by atoms with van der Waals surface area (Å²) < 4.78 is 34.1. The molecule has 0 radical (unpaired) electrons. The van der Waals surface area contributed by atoms with Gasteiger partial charge in [-0.05, 0) is 31.4 Å². The van der Waals surface area contributed by atoms with E-state index in [1.54, 1.807) is 0 Å². The van der Waals surface area contributed by atoms with Crippen LogP contribution in [0.5, 0.6) is 5.75 Å². The molecule has 24 heavy (non-hydrogen) atoms. The summed E-state index contributed by atoms with van der Waals surface area (Å²) in [6.07, 6.45) is 1.21. The van der Waals surface area contributed by atoms with Gasteiger partial charge >= 0.3 is 0 Å². The van der Waals surface area contributed by atoms with Gasteiger partial charge in [-0.3, -0.25) is 0 Å². The molecule has 0 aliphatic carbocycles. The molecule has 1 unspecified atom stereocenters. The second kappa shape index (κ2) is 7.57. The fourth-order valence-corrected chi connectivity index (χ4v) is 5.04. The summed E-state index contributed by atoms with van der Waals surface area (Å²) in [6, 6.07) is 7.91. The molecular weight excluding hydrogens is 348 g/mol. The zero-order chi connectivity index (χ0) is 17.0. The molecule has 3 rings (SSSR count). The molecule has 2 heterocycles. The molecule has 2 aromatic rings. The van der Waals surface area contributed by atoms with E-state index in [4.69, 9.17) is 9.15 Å². The van der Waals surface area contributed by atoms with Crippen molar-refractivity contribution < 1.29 is 17.6 Å². The SMILES string of the molecule is Cc1ccc(OCCSc2nnc(CC3CCS(=O)(=O)C3)o2)cc1. The second-order valence-corrected chi connectivity index (χ2v) is 9.22. The molecule has 0 amide bonds. The third-order valence-electron chi connectivity index (χ3n) is 3.84. The zero-order valence-corrected chi connectivity index (χ0v) is 15.1. The average molecular weight is 368 g/mol. The second-order valence-electron chi connectivity index (χ2n) is 5.94. The van der Waals surface area contributed by atoms with Crippen molar-refractivity contribution in [3.05, 3.63) is 35.7 Å². The van der Waals surface area contributed by atoms with Gasteiger partial charge in [-0.15, -0.1) is 10.2 Å². The number of hydrogen-bond acceptors (Lipinski definition) is 7. The van der Waals surface area contributed by atoms with E-state index in [-0.39, 0.29) is 17.4 Å². The van der Waals surface area contributed by atoms with E-state index in [2.05, 4.69) is 10.2 Å². The van der Waals surface area contributed by atoms with E-state index in [0.29, 0.717) is 36.3 Å². The first-order chi connectivity index (χ1) is 11.5. The molecule has 0 spiro atoms. The largest absolute Gasteiger partial charge is 0.493 e. The molecule has 0 bridgehead atoms. The first-order valence-corrected chi connectivity index (χ1v) is 10.7. The maximum Gasteiger partial charge on any atom is 0.276 e. The number of benzene rings is 1. The number of ether oxygens (including phenoxy) is 1. The highest BCUT2D eigenvalue weighted by Gasteiger charge is 2.29. The number of sulfone groups is 1. The lowest BCUT2D eigenvalue weighted by molar-refractivity contribution is 0.342. The maximum absolute atomic E-state index is 11.5. The Morgan fingerprint density at radius 2 is 2.08 bits per heavy atom. The summed E-state index contributed by atoms with van der Waals surface area (Å²) in [5.41, 5.74) is 1.20. The van der Waals surface area contributed by atoms with Crippen LogP contribution in [0.4, 0.5) is 0 Å². The predicted molar refractivity (Wildman–Crippen MR) is 92.2 cm³/mol. The van der Waals surface area contributed by atoms with Crippen LogP contribution >= 0.6 is 11.8 Å². The van der Waals surface area contributed by atoms with Gasteiger partial charge in [0.1, 0.15) is 5.75 Å². The Labute approximate surface area is 145 Å². The highest BCUT2D eigenvalue weighted by Crippen LogP contribution is 2.24. The Kier molecular flexibility index (Phi) is 5.45. The van der Waals surface area contributed by atoms with Crippen molar-refractivity contribution in [2.24, 2.45) is 5.92 Å². The van der Waals surface area contributed by atoms with Gasteiger partial charge in [0, 0.05) is 12.2 Å². The van der Waals surface area contributed by atoms with Gasteiger partial charge in [-0.1, -0.05) is 29.5 Å². The topological polar surface area (TPSA) is 82.3 Å². The van der Waals surface area contributed by atoms with Crippen LogP contribution in [0.2, 0.25) is 0 Å². The minimum Gasteiger partial charge on any atom is -0.493 e. The highest BCUT2D eigenvalue weighted by molar-refractivity contribution is 7.99. The summed E-state index contributed by atoms with van der Waals surface area (Å²) in [6.45, 7) is 2.58. The summed E-state index contributed by atoms with van der Waals surface area (Å²) in [7, 11) is -2.87. The van der Waals surface area contributed by atoms with Crippen LogP contribution in [0.1, 0.15) is 17.9 Å². The molecule has 1 aromatic heterocycles. The zero-order valence-electron chi connectivity index (χ0n) is 13.5. The maximum atomic E-state index is 11.5. The van der Waals surface area contributed by atoms with Gasteiger partial charge in [0.15, 0.2) is 9.84 Å². The monoisotopic (exact) mass is 368 g/mol. The molecule has 1 aliphatic rings. The van der Waals surface area contributed by atoms with Crippen molar-refractivity contribution in [2.75, 3.05) is 23.9 Å². The molecule has 1 aliphatic heterocycles. The van der Waals surface area contributed by atoms with Crippen LogP contribution in [0.25, 0.3) is 0 Å². The first kappa shape index (κ1) is 17.3. The van der Waals surface area contributed by atoms with Crippen LogP contribution < -0.4 is 4.74 Å². The molecule has 130 valence electrons.